The van der Waals surface area contributed by atoms with Gasteiger partial charge in [0.2, 0.25) is 5.91 Å². The van der Waals surface area contributed by atoms with Crippen LogP contribution in [0.4, 0.5) is 17.2 Å². The summed E-state index contributed by atoms with van der Waals surface area (Å²) in [6.07, 6.45) is 2.11. The number of carbonyl (C=O) groups excluding carboxylic acids is 3. The number of hydrogen-bond acceptors (Lipinski definition) is 7. The first-order chi connectivity index (χ1) is 18.9. The van der Waals surface area contributed by atoms with Gasteiger partial charge in [-0.1, -0.05) is 39.8 Å². The van der Waals surface area contributed by atoms with Gasteiger partial charge < -0.3 is 30.7 Å². The minimum absolute atomic E-state index is 0.0238. The van der Waals surface area contributed by atoms with E-state index < -0.39 is 23.3 Å². The van der Waals surface area contributed by atoms with E-state index in [0.717, 1.165) is 43.0 Å². The SMILES string of the molecule is CCc1cc(NC(=O)C(=O)N2C[C@@H](C)N(C(=O)C(C)(C)C)C[C@@H]2c2ccc(N3CCN(C)CC3)cc2)cnc1N. The van der Waals surface area contributed by atoms with Gasteiger partial charge in [0.1, 0.15) is 5.82 Å². The second kappa shape index (κ2) is 11.8. The molecule has 0 saturated carbocycles. The molecule has 3 amide bonds. The van der Waals surface area contributed by atoms with Crippen LogP contribution < -0.4 is 16.0 Å². The van der Waals surface area contributed by atoms with Crippen LogP contribution in [0.5, 0.6) is 0 Å². The fourth-order valence-electron chi connectivity index (χ4n) is 5.36. The number of nitrogens with two attached hydrogens (primary N) is 1. The Kier molecular flexibility index (Phi) is 8.68. The van der Waals surface area contributed by atoms with Gasteiger partial charge in [-0.25, -0.2) is 4.98 Å². The molecule has 40 heavy (non-hydrogen) atoms. The summed E-state index contributed by atoms with van der Waals surface area (Å²) in [6.45, 7) is 14.1. The van der Waals surface area contributed by atoms with E-state index in [2.05, 4.69) is 39.3 Å². The van der Waals surface area contributed by atoms with Crippen molar-refractivity contribution >= 4 is 34.9 Å². The van der Waals surface area contributed by atoms with E-state index >= 15 is 0 Å². The first kappa shape index (κ1) is 29.3. The Balaban J connectivity index is 1.59. The summed E-state index contributed by atoms with van der Waals surface area (Å²) in [7, 11) is 2.13. The number of nitrogens with zero attached hydrogens (tertiary/aromatic N) is 5. The van der Waals surface area contributed by atoms with Crippen LogP contribution in [-0.4, -0.2) is 89.8 Å². The Labute approximate surface area is 237 Å². The third-order valence-corrected chi connectivity index (χ3v) is 7.88. The van der Waals surface area contributed by atoms with Gasteiger partial charge in [-0.2, -0.15) is 0 Å². The van der Waals surface area contributed by atoms with Gasteiger partial charge in [0, 0.05) is 56.4 Å². The second-order valence-corrected chi connectivity index (χ2v) is 12.0. The van der Waals surface area contributed by atoms with Crippen molar-refractivity contribution in [1.82, 2.24) is 19.7 Å². The van der Waals surface area contributed by atoms with Crippen LogP contribution in [0.2, 0.25) is 0 Å². The lowest BCUT2D eigenvalue weighted by atomic mass is 9.91. The molecular weight excluding hydrogens is 506 g/mol. The van der Waals surface area contributed by atoms with Gasteiger partial charge in [0.05, 0.1) is 17.9 Å². The number of nitrogens with one attached hydrogen (secondary N) is 1. The van der Waals surface area contributed by atoms with Crippen LogP contribution in [-0.2, 0) is 20.8 Å². The molecule has 3 N–H and O–H groups in total. The van der Waals surface area contributed by atoms with Gasteiger partial charge >= 0.3 is 11.8 Å². The van der Waals surface area contributed by atoms with Crippen LogP contribution in [0.3, 0.4) is 0 Å². The monoisotopic (exact) mass is 549 g/mol. The molecule has 1 aromatic carbocycles. The highest BCUT2D eigenvalue weighted by molar-refractivity contribution is 6.39. The molecule has 0 aliphatic carbocycles. The van der Waals surface area contributed by atoms with Crippen molar-refractivity contribution in [1.29, 1.82) is 0 Å². The number of piperazine rings is 2. The predicted octanol–water partition coefficient (Wildman–Crippen LogP) is 2.76. The Morgan fingerprint density at radius 2 is 1.68 bits per heavy atom. The zero-order valence-electron chi connectivity index (χ0n) is 24.6. The average Bonchev–Trinajstić information content (AvgIpc) is 2.93. The zero-order valence-corrected chi connectivity index (χ0v) is 24.6. The van der Waals surface area contributed by atoms with Crippen LogP contribution in [0.15, 0.2) is 36.5 Å². The lowest BCUT2D eigenvalue weighted by Gasteiger charge is -2.47. The average molecular weight is 550 g/mol. The largest absolute Gasteiger partial charge is 0.383 e. The Morgan fingerprint density at radius 3 is 2.27 bits per heavy atom. The fraction of sp³-hybridized carbons (Fsp3) is 0.533. The maximum absolute atomic E-state index is 13.6. The lowest BCUT2D eigenvalue weighted by molar-refractivity contribution is -0.154. The van der Waals surface area contributed by atoms with Crippen LogP contribution >= 0.6 is 0 Å². The molecule has 0 unspecified atom stereocenters. The smallest absolute Gasteiger partial charge is 0.313 e. The summed E-state index contributed by atoms with van der Waals surface area (Å²) in [5.74, 6) is -0.954. The van der Waals surface area contributed by atoms with Gasteiger partial charge in [0.25, 0.3) is 0 Å². The number of aromatic nitrogens is 1. The zero-order chi connectivity index (χ0) is 29.2. The van der Waals surface area contributed by atoms with Crippen LogP contribution in [0.1, 0.15) is 51.8 Å². The number of amides is 3. The number of carbonyl (C=O) groups is 3. The molecule has 0 bridgehead atoms. The molecule has 2 fully saturated rings. The molecule has 216 valence electrons. The lowest BCUT2D eigenvalue weighted by Crippen LogP contribution is -2.60. The summed E-state index contributed by atoms with van der Waals surface area (Å²) in [5, 5.41) is 2.70. The Hall–Kier alpha value is -3.66. The molecule has 4 rings (SSSR count). The molecule has 1 aromatic heterocycles. The van der Waals surface area contributed by atoms with Gasteiger partial charge in [0.15, 0.2) is 0 Å². The Bertz CT molecular complexity index is 1230. The highest BCUT2D eigenvalue weighted by atomic mass is 16.2. The van der Waals surface area contributed by atoms with Crippen molar-refractivity contribution in [2.75, 3.05) is 62.3 Å². The van der Waals surface area contributed by atoms with Gasteiger partial charge in [-0.05, 0) is 49.7 Å². The number of likely N-dealkylation sites (N-methyl/N-ethyl adjacent to an activating group) is 1. The van der Waals surface area contributed by atoms with E-state index in [1.807, 2.05) is 51.7 Å². The molecule has 3 heterocycles. The number of aryl methyl sites for hydroxylation is 1. The number of anilines is 3. The van der Waals surface area contributed by atoms with E-state index in [-0.39, 0.29) is 18.5 Å². The molecule has 0 spiro atoms. The number of nitrogen functional groups attached to an aromatic ring is 1. The van der Waals surface area contributed by atoms with E-state index in [9.17, 15) is 14.4 Å². The summed E-state index contributed by atoms with van der Waals surface area (Å²) >= 11 is 0. The molecule has 0 radical (unpaired) electrons. The van der Waals surface area contributed by atoms with Crippen LogP contribution in [0, 0.1) is 5.41 Å². The molecule has 2 saturated heterocycles. The normalized spacial score (nSPS) is 20.4. The number of rotatable bonds is 4. The van der Waals surface area contributed by atoms with Crippen LogP contribution in [0.25, 0.3) is 0 Å². The molecule has 10 nitrogen and oxygen atoms in total. The predicted molar refractivity (Wildman–Crippen MR) is 158 cm³/mol. The highest BCUT2D eigenvalue weighted by Crippen LogP contribution is 2.32. The molecule has 2 aliphatic rings. The Morgan fingerprint density at radius 1 is 1.02 bits per heavy atom. The maximum atomic E-state index is 13.6. The summed E-state index contributed by atoms with van der Waals surface area (Å²) < 4.78 is 0. The second-order valence-electron chi connectivity index (χ2n) is 12.0. The number of pyridine rings is 1. The highest BCUT2D eigenvalue weighted by Gasteiger charge is 2.41. The van der Waals surface area contributed by atoms with Crippen molar-refractivity contribution in [3.8, 4) is 0 Å². The number of benzene rings is 1. The third-order valence-electron chi connectivity index (χ3n) is 7.88. The van der Waals surface area contributed by atoms with E-state index in [0.29, 0.717) is 24.5 Å². The summed E-state index contributed by atoms with van der Waals surface area (Å²) in [5.41, 5.74) is 8.58. The van der Waals surface area contributed by atoms with Crippen molar-refractivity contribution in [3.63, 3.8) is 0 Å². The molecule has 2 aromatic rings. The van der Waals surface area contributed by atoms with Crippen molar-refractivity contribution in [2.45, 2.75) is 53.1 Å². The summed E-state index contributed by atoms with van der Waals surface area (Å²) in [6, 6.07) is 9.22. The van der Waals surface area contributed by atoms with E-state index in [4.69, 9.17) is 5.73 Å². The van der Waals surface area contributed by atoms with Crippen molar-refractivity contribution in [2.24, 2.45) is 5.41 Å². The molecule has 2 aliphatic heterocycles. The molecule has 2 atom stereocenters. The number of hydrogen-bond donors (Lipinski definition) is 2. The van der Waals surface area contributed by atoms with E-state index in [1.165, 1.54) is 6.20 Å². The topological polar surface area (TPSA) is 115 Å². The van der Waals surface area contributed by atoms with Crippen molar-refractivity contribution in [3.05, 3.63) is 47.7 Å². The van der Waals surface area contributed by atoms with Crippen molar-refractivity contribution < 1.29 is 14.4 Å². The molecular formula is C30H43N7O3. The minimum Gasteiger partial charge on any atom is -0.383 e. The first-order valence-corrected chi connectivity index (χ1v) is 14.1. The standard InChI is InChI=1S/C30H43N7O3/c1-7-21-16-23(17-32-26(21)31)33-27(38)28(39)37-18-20(2)36(29(40)30(3,4)5)19-25(37)22-8-10-24(11-9-22)35-14-12-34(6)13-15-35/h8-11,16-17,20,25H,7,12-15,18-19H2,1-6H3,(H2,31,32)(H,33,38)/t20-,25-/m1/s1. The quantitative estimate of drug-likeness (QED) is 0.564. The third kappa shape index (κ3) is 6.38. The van der Waals surface area contributed by atoms with E-state index in [1.54, 1.807) is 11.0 Å². The fourth-order valence-corrected chi connectivity index (χ4v) is 5.36. The van der Waals surface area contributed by atoms with Gasteiger partial charge in [-0.15, -0.1) is 0 Å². The maximum Gasteiger partial charge on any atom is 0.313 e. The summed E-state index contributed by atoms with van der Waals surface area (Å²) in [4.78, 5) is 52.4. The van der Waals surface area contributed by atoms with Gasteiger partial charge in [-0.3, -0.25) is 14.4 Å². The minimum atomic E-state index is -0.740. The molecule has 10 heteroatoms. The first-order valence-electron chi connectivity index (χ1n) is 14.1.